The summed E-state index contributed by atoms with van der Waals surface area (Å²) in [5, 5.41) is 0. The summed E-state index contributed by atoms with van der Waals surface area (Å²) < 4.78 is 17.9. The van der Waals surface area contributed by atoms with Crippen LogP contribution in [0.3, 0.4) is 0 Å². The Morgan fingerprint density at radius 1 is 0.788 bits per heavy atom. The van der Waals surface area contributed by atoms with Crippen molar-refractivity contribution in [3.05, 3.63) is 129 Å². The molecule has 2 heterocycles. The fraction of sp³-hybridized carbons (Fsp3) is 0.115. The number of aryl methyl sites for hydroxylation is 1. The summed E-state index contributed by atoms with van der Waals surface area (Å²) in [7, 11) is 0. The van der Waals surface area contributed by atoms with Crippen molar-refractivity contribution < 1.29 is 4.39 Å². The van der Waals surface area contributed by atoms with Crippen LogP contribution >= 0.6 is 0 Å². The molecular formula is C26H21FN4O2. The maximum Gasteiger partial charge on any atom is 0.337 e. The molecule has 0 saturated carbocycles. The first-order valence-corrected chi connectivity index (χ1v) is 10.7. The second-order valence-electron chi connectivity index (χ2n) is 7.82. The lowest BCUT2D eigenvalue weighted by molar-refractivity contribution is 0.613. The van der Waals surface area contributed by atoms with Crippen LogP contribution in [0.15, 0.2) is 101 Å². The number of imidazole rings is 1. The van der Waals surface area contributed by atoms with E-state index in [-0.39, 0.29) is 12.2 Å². The third-order valence-corrected chi connectivity index (χ3v) is 5.65. The highest BCUT2D eigenvalue weighted by molar-refractivity contribution is 5.72. The minimum Gasteiger partial charge on any atom is -0.320 e. The van der Waals surface area contributed by atoms with Crippen molar-refractivity contribution in [1.82, 2.24) is 18.7 Å². The molecule has 0 aliphatic rings. The van der Waals surface area contributed by atoms with Gasteiger partial charge in [0.15, 0.2) is 11.2 Å². The molecule has 0 amide bonds. The van der Waals surface area contributed by atoms with Crippen LogP contribution in [-0.4, -0.2) is 18.7 Å². The van der Waals surface area contributed by atoms with Gasteiger partial charge in [0, 0.05) is 13.1 Å². The average Bonchev–Trinajstić information content (AvgIpc) is 3.25. The van der Waals surface area contributed by atoms with E-state index in [1.54, 1.807) is 10.9 Å². The molecule has 0 saturated heterocycles. The number of rotatable bonds is 6. The van der Waals surface area contributed by atoms with Crippen LogP contribution < -0.4 is 11.2 Å². The lowest BCUT2D eigenvalue weighted by Crippen LogP contribution is -2.40. The van der Waals surface area contributed by atoms with E-state index < -0.39 is 17.1 Å². The van der Waals surface area contributed by atoms with Crippen LogP contribution in [0.2, 0.25) is 0 Å². The second-order valence-corrected chi connectivity index (χ2v) is 7.82. The molecule has 0 spiro atoms. The normalized spacial score (nSPS) is 11.2. The number of fused-ring (bicyclic) bond motifs is 1. The lowest BCUT2D eigenvalue weighted by Gasteiger charge is -2.13. The zero-order valence-electron chi connectivity index (χ0n) is 17.8. The molecule has 164 valence electrons. The van der Waals surface area contributed by atoms with Crippen LogP contribution in [0.25, 0.3) is 16.9 Å². The highest BCUT2D eigenvalue weighted by Gasteiger charge is 2.19. The standard InChI is InChI=1S/C26H21FN4O2/c27-21-11-13-22(14-12-21)31-24-23(29(18-28-24)17-20-9-5-2-6-10-20)25(32)30(26(31)33)16-15-19-7-3-1-4-8-19/h1-14,18H,15-17H2. The quantitative estimate of drug-likeness (QED) is 0.404. The van der Waals surface area contributed by atoms with Crippen molar-refractivity contribution in [1.29, 1.82) is 0 Å². The van der Waals surface area contributed by atoms with Crippen LogP contribution in [0.1, 0.15) is 11.1 Å². The van der Waals surface area contributed by atoms with E-state index in [9.17, 15) is 14.0 Å². The van der Waals surface area contributed by atoms with Gasteiger partial charge in [0.05, 0.1) is 12.0 Å². The molecule has 0 radical (unpaired) electrons. The first-order chi connectivity index (χ1) is 16.1. The predicted octanol–water partition coefficient (Wildman–Crippen LogP) is 3.78. The van der Waals surface area contributed by atoms with Gasteiger partial charge in [0.2, 0.25) is 0 Å². The van der Waals surface area contributed by atoms with E-state index in [1.807, 2.05) is 60.7 Å². The Morgan fingerprint density at radius 3 is 2.09 bits per heavy atom. The van der Waals surface area contributed by atoms with Crippen LogP contribution in [-0.2, 0) is 19.5 Å². The van der Waals surface area contributed by atoms with E-state index in [4.69, 9.17) is 0 Å². The van der Waals surface area contributed by atoms with Crippen molar-refractivity contribution in [3.8, 4) is 5.69 Å². The zero-order chi connectivity index (χ0) is 22.8. The Hall–Kier alpha value is -4.26. The van der Waals surface area contributed by atoms with Crippen LogP contribution in [0.4, 0.5) is 4.39 Å². The number of aromatic nitrogens is 4. The number of halogens is 1. The molecular weight excluding hydrogens is 419 g/mol. The summed E-state index contributed by atoms with van der Waals surface area (Å²) in [5.74, 6) is -0.407. The monoisotopic (exact) mass is 440 g/mol. The predicted molar refractivity (Wildman–Crippen MR) is 125 cm³/mol. The van der Waals surface area contributed by atoms with E-state index in [2.05, 4.69) is 4.98 Å². The van der Waals surface area contributed by atoms with E-state index in [0.29, 0.717) is 24.2 Å². The fourth-order valence-corrected chi connectivity index (χ4v) is 3.99. The van der Waals surface area contributed by atoms with Crippen molar-refractivity contribution in [2.24, 2.45) is 0 Å². The summed E-state index contributed by atoms with van der Waals surface area (Å²) in [6.07, 6.45) is 2.10. The van der Waals surface area contributed by atoms with Gasteiger partial charge in [-0.05, 0) is 41.8 Å². The van der Waals surface area contributed by atoms with Crippen molar-refractivity contribution >= 4 is 11.2 Å². The van der Waals surface area contributed by atoms with Crippen LogP contribution in [0, 0.1) is 5.82 Å². The lowest BCUT2D eigenvalue weighted by atomic mass is 10.1. The van der Waals surface area contributed by atoms with Gasteiger partial charge in [-0.1, -0.05) is 60.7 Å². The molecule has 5 rings (SSSR count). The molecule has 7 heteroatoms. The summed E-state index contributed by atoms with van der Waals surface area (Å²) >= 11 is 0. The van der Waals surface area contributed by atoms with Gasteiger partial charge < -0.3 is 4.57 Å². The Kier molecular flexibility index (Phi) is 5.44. The third-order valence-electron chi connectivity index (χ3n) is 5.65. The number of benzene rings is 3. The van der Waals surface area contributed by atoms with Gasteiger partial charge in [0.1, 0.15) is 5.82 Å². The van der Waals surface area contributed by atoms with Gasteiger partial charge in [-0.2, -0.15) is 0 Å². The molecule has 0 N–H and O–H groups in total. The number of nitrogens with zero attached hydrogens (tertiary/aromatic N) is 4. The molecule has 0 unspecified atom stereocenters. The Bertz CT molecular complexity index is 1520. The van der Waals surface area contributed by atoms with Gasteiger partial charge in [0.25, 0.3) is 5.56 Å². The molecule has 0 bridgehead atoms. The molecule has 2 aromatic heterocycles. The average molecular weight is 440 g/mol. The van der Waals surface area contributed by atoms with Crippen molar-refractivity contribution in [2.75, 3.05) is 0 Å². The van der Waals surface area contributed by atoms with Crippen molar-refractivity contribution in [2.45, 2.75) is 19.5 Å². The van der Waals surface area contributed by atoms with E-state index >= 15 is 0 Å². The van der Waals surface area contributed by atoms with Gasteiger partial charge in [-0.25, -0.2) is 18.7 Å². The minimum atomic E-state index is -0.500. The summed E-state index contributed by atoms with van der Waals surface area (Å²) in [5.41, 5.74) is 2.17. The smallest absolute Gasteiger partial charge is 0.320 e. The number of hydrogen-bond donors (Lipinski definition) is 0. The van der Waals surface area contributed by atoms with E-state index in [0.717, 1.165) is 11.1 Å². The Morgan fingerprint density at radius 2 is 1.42 bits per heavy atom. The largest absolute Gasteiger partial charge is 0.337 e. The molecule has 0 atom stereocenters. The fourth-order valence-electron chi connectivity index (χ4n) is 3.99. The van der Waals surface area contributed by atoms with Gasteiger partial charge in [-0.15, -0.1) is 0 Å². The van der Waals surface area contributed by atoms with Gasteiger partial charge >= 0.3 is 5.69 Å². The van der Waals surface area contributed by atoms with Crippen LogP contribution in [0.5, 0.6) is 0 Å². The van der Waals surface area contributed by atoms with E-state index in [1.165, 1.54) is 33.4 Å². The molecule has 0 aliphatic carbocycles. The highest BCUT2D eigenvalue weighted by atomic mass is 19.1. The maximum atomic E-state index is 13.6. The second kappa shape index (κ2) is 8.70. The minimum absolute atomic E-state index is 0.218. The zero-order valence-corrected chi connectivity index (χ0v) is 17.8. The first-order valence-electron chi connectivity index (χ1n) is 10.7. The summed E-state index contributed by atoms with van der Waals surface area (Å²) in [4.78, 5) is 31.4. The molecule has 0 fully saturated rings. The summed E-state index contributed by atoms with van der Waals surface area (Å²) in [6.45, 7) is 0.655. The molecule has 6 nitrogen and oxygen atoms in total. The molecule has 33 heavy (non-hydrogen) atoms. The Labute approximate surface area is 188 Å². The maximum absolute atomic E-state index is 13.6. The first kappa shape index (κ1) is 20.6. The topological polar surface area (TPSA) is 61.8 Å². The molecule has 0 aliphatic heterocycles. The summed E-state index contributed by atoms with van der Waals surface area (Å²) in [6, 6.07) is 25.0. The SMILES string of the molecule is O=c1c2c(ncn2Cc2ccccc2)n(-c2ccc(F)cc2)c(=O)n1CCc1ccccc1. The molecule has 5 aromatic rings. The highest BCUT2D eigenvalue weighted by Crippen LogP contribution is 2.15. The van der Waals surface area contributed by atoms with Crippen molar-refractivity contribution in [3.63, 3.8) is 0 Å². The third kappa shape index (κ3) is 4.01. The Balaban J connectivity index is 1.69. The van der Waals surface area contributed by atoms with Gasteiger partial charge in [-0.3, -0.25) is 9.36 Å². The molecule has 3 aromatic carbocycles. The number of hydrogen-bond acceptors (Lipinski definition) is 3.